The minimum atomic E-state index is -1.13. The van der Waals surface area contributed by atoms with Crippen LogP contribution in [-0.2, 0) is 0 Å². The molecule has 5 nitrogen and oxygen atoms in total. The van der Waals surface area contributed by atoms with E-state index >= 15 is 0 Å². The van der Waals surface area contributed by atoms with Crippen LogP contribution in [0.4, 0.5) is 0 Å². The Morgan fingerprint density at radius 3 is 1.29 bits per heavy atom. The van der Waals surface area contributed by atoms with Gasteiger partial charge in [0.15, 0.2) is 0 Å². The highest BCUT2D eigenvalue weighted by molar-refractivity contribution is 5.93. The van der Waals surface area contributed by atoms with E-state index in [-0.39, 0.29) is 11.1 Å². The summed E-state index contributed by atoms with van der Waals surface area (Å²) in [4.78, 5) is 20.8. The molecule has 4 N–H and O–H groups in total. The monoisotopic (exact) mass is 325 g/mol. The van der Waals surface area contributed by atoms with E-state index in [9.17, 15) is 9.59 Å². The zero-order valence-electron chi connectivity index (χ0n) is 13.2. The number of carboxylic acid groups (broad SMARTS) is 2. The third-order valence-electron chi connectivity index (χ3n) is 3.02. The smallest absolute Gasteiger partial charge is 0.335 e. The van der Waals surface area contributed by atoms with Crippen molar-refractivity contribution >= 4 is 22.7 Å². The minimum Gasteiger partial charge on any atom is -0.478 e. The highest BCUT2D eigenvalue weighted by Crippen LogP contribution is 2.11. The maximum absolute atomic E-state index is 10.4. The molecule has 0 aromatic heterocycles. The molecule has 0 aliphatic rings. The lowest BCUT2D eigenvalue weighted by atomic mass is 10.1. The Morgan fingerprint density at radius 2 is 1.00 bits per heavy atom. The van der Waals surface area contributed by atoms with Crippen molar-refractivity contribution in [1.29, 1.82) is 0 Å². The van der Waals surface area contributed by atoms with Gasteiger partial charge in [-0.3, -0.25) is 0 Å². The first kappa shape index (κ1) is 18.9. The number of carbonyl (C=O) groups is 2. The van der Waals surface area contributed by atoms with Gasteiger partial charge >= 0.3 is 11.9 Å². The van der Waals surface area contributed by atoms with Crippen LogP contribution in [0.3, 0.4) is 0 Å². The van der Waals surface area contributed by atoms with Crippen molar-refractivity contribution in [3.05, 3.63) is 83.9 Å². The summed E-state index contributed by atoms with van der Waals surface area (Å²) in [6.45, 7) is 0. The van der Waals surface area contributed by atoms with E-state index in [1.165, 1.54) is 36.0 Å². The summed E-state index contributed by atoms with van der Waals surface area (Å²) in [5.41, 5.74) is 4.46. The van der Waals surface area contributed by atoms with Crippen molar-refractivity contribution in [1.82, 2.24) is 0 Å². The zero-order chi connectivity index (χ0) is 17.9. The number of hydrogen-bond acceptors (Lipinski definition) is 3. The molecule has 5 heteroatoms. The van der Waals surface area contributed by atoms with Gasteiger partial charge in [0.1, 0.15) is 0 Å². The molecule has 3 aromatic rings. The van der Waals surface area contributed by atoms with E-state index in [0.29, 0.717) is 0 Å². The number of benzene rings is 3. The molecule has 0 aliphatic heterocycles. The first-order chi connectivity index (χ1) is 11.6. The van der Waals surface area contributed by atoms with Gasteiger partial charge in [-0.2, -0.15) is 0 Å². The maximum atomic E-state index is 10.4. The van der Waals surface area contributed by atoms with Crippen molar-refractivity contribution < 1.29 is 19.8 Å². The number of aromatic carboxylic acids is 2. The van der Waals surface area contributed by atoms with Gasteiger partial charge in [0.2, 0.25) is 0 Å². The Kier molecular flexibility index (Phi) is 7.67. The van der Waals surface area contributed by atoms with E-state index in [0.717, 1.165) is 6.07 Å². The minimum absolute atomic E-state index is 0.0186. The first-order valence-corrected chi connectivity index (χ1v) is 7.16. The predicted molar refractivity (Wildman–Crippen MR) is 94.4 cm³/mol. The van der Waals surface area contributed by atoms with Crippen LogP contribution in [0, 0.1) is 0 Å². The van der Waals surface area contributed by atoms with Gasteiger partial charge in [-0.05, 0) is 36.0 Å². The van der Waals surface area contributed by atoms with Gasteiger partial charge in [-0.15, -0.1) is 0 Å². The summed E-state index contributed by atoms with van der Waals surface area (Å²) >= 11 is 0. The fraction of sp³-hybridized carbons (Fsp3) is 0.0526. The number of hydrogen-bond donors (Lipinski definition) is 3. The normalized spacial score (nSPS) is 9.08. The SMILES string of the molecule is CN.O=C(O)c1cccc(C(=O)O)c1.c1ccc2ccccc2c1. The molecule has 24 heavy (non-hydrogen) atoms. The molecular weight excluding hydrogens is 306 g/mol. The summed E-state index contributed by atoms with van der Waals surface area (Å²) < 4.78 is 0. The van der Waals surface area contributed by atoms with E-state index in [1.807, 2.05) is 0 Å². The Balaban J connectivity index is 0.000000220. The Hall–Kier alpha value is -3.18. The van der Waals surface area contributed by atoms with E-state index in [1.54, 1.807) is 0 Å². The zero-order valence-corrected chi connectivity index (χ0v) is 13.2. The molecule has 0 saturated carbocycles. The fourth-order valence-electron chi connectivity index (χ4n) is 1.92. The van der Waals surface area contributed by atoms with Crippen LogP contribution in [0.2, 0.25) is 0 Å². The van der Waals surface area contributed by atoms with Crippen LogP contribution in [-0.4, -0.2) is 29.2 Å². The second-order valence-corrected chi connectivity index (χ2v) is 4.54. The van der Waals surface area contributed by atoms with Crippen molar-refractivity contribution in [2.45, 2.75) is 0 Å². The molecule has 3 aromatic carbocycles. The molecule has 124 valence electrons. The van der Waals surface area contributed by atoms with Crippen LogP contribution in [0.25, 0.3) is 10.8 Å². The molecule has 0 radical (unpaired) electrons. The molecule has 0 aliphatic carbocycles. The van der Waals surface area contributed by atoms with Gasteiger partial charge < -0.3 is 15.9 Å². The summed E-state index contributed by atoms with van der Waals surface area (Å²) in [6.07, 6.45) is 0. The van der Waals surface area contributed by atoms with Gasteiger partial charge in [0.05, 0.1) is 11.1 Å². The van der Waals surface area contributed by atoms with E-state index < -0.39 is 11.9 Å². The summed E-state index contributed by atoms with van der Waals surface area (Å²) in [6, 6.07) is 21.9. The number of rotatable bonds is 2. The van der Waals surface area contributed by atoms with Gasteiger partial charge in [0.25, 0.3) is 0 Å². The van der Waals surface area contributed by atoms with Crippen LogP contribution in [0.5, 0.6) is 0 Å². The summed E-state index contributed by atoms with van der Waals surface area (Å²) in [7, 11) is 1.50. The van der Waals surface area contributed by atoms with Crippen molar-refractivity contribution in [2.75, 3.05) is 7.05 Å². The molecule has 0 saturated heterocycles. The van der Waals surface area contributed by atoms with Crippen LogP contribution in [0.1, 0.15) is 20.7 Å². The largest absolute Gasteiger partial charge is 0.478 e. The van der Waals surface area contributed by atoms with Crippen molar-refractivity contribution in [3.8, 4) is 0 Å². The van der Waals surface area contributed by atoms with Crippen LogP contribution in [0.15, 0.2) is 72.8 Å². The standard InChI is InChI=1S/C10H8.C8H6O4.CH5N/c1-2-6-10-8-4-3-7-9(10)5-1;9-7(10)5-2-1-3-6(4-5)8(11)12;1-2/h1-8H;1-4H,(H,9,10)(H,11,12);2H2,1H3. The summed E-state index contributed by atoms with van der Waals surface area (Å²) in [5.74, 6) is -2.25. The lowest BCUT2D eigenvalue weighted by Gasteiger charge is -1.95. The molecular formula is C19H19NO4. The van der Waals surface area contributed by atoms with Gasteiger partial charge in [-0.1, -0.05) is 54.6 Å². The van der Waals surface area contributed by atoms with Crippen LogP contribution >= 0.6 is 0 Å². The molecule has 0 spiro atoms. The van der Waals surface area contributed by atoms with E-state index in [2.05, 4.69) is 54.3 Å². The average Bonchev–Trinajstić information content (AvgIpc) is 2.64. The molecule has 0 heterocycles. The second-order valence-electron chi connectivity index (χ2n) is 4.54. The number of carboxylic acids is 2. The molecule has 0 unspecified atom stereocenters. The topological polar surface area (TPSA) is 101 Å². The highest BCUT2D eigenvalue weighted by atomic mass is 16.4. The molecule has 0 amide bonds. The quantitative estimate of drug-likeness (QED) is 0.669. The first-order valence-electron chi connectivity index (χ1n) is 7.16. The highest BCUT2D eigenvalue weighted by Gasteiger charge is 2.06. The van der Waals surface area contributed by atoms with Crippen molar-refractivity contribution in [2.24, 2.45) is 5.73 Å². The Bertz CT molecular complexity index is 720. The molecule has 0 atom stereocenters. The number of nitrogens with two attached hydrogens (primary N) is 1. The second kappa shape index (κ2) is 9.76. The van der Waals surface area contributed by atoms with E-state index in [4.69, 9.17) is 10.2 Å². The lowest BCUT2D eigenvalue weighted by Crippen LogP contribution is -2.01. The van der Waals surface area contributed by atoms with Crippen molar-refractivity contribution in [3.63, 3.8) is 0 Å². The third kappa shape index (κ3) is 5.55. The Morgan fingerprint density at radius 1 is 0.667 bits per heavy atom. The fourth-order valence-corrected chi connectivity index (χ4v) is 1.92. The van der Waals surface area contributed by atoms with Crippen LogP contribution < -0.4 is 5.73 Å². The lowest BCUT2D eigenvalue weighted by molar-refractivity contribution is 0.0696. The third-order valence-corrected chi connectivity index (χ3v) is 3.02. The molecule has 3 rings (SSSR count). The number of fused-ring (bicyclic) bond motifs is 1. The average molecular weight is 325 g/mol. The maximum Gasteiger partial charge on any atom is 0.335 e. The van der Waals surface area contributed by atoms with Gasteiger partial charge in [-0.25, -0.2) is 9.59 Å². The predicted octanol–water partition coefficient (Wildman–Crippen LogP) is 3.50. The molecule has 0 fully saturated rings. The Labute approximate surface area is 140 Å². The summed E-state index contributed by atoms with van der Waals surface area (Å²) in [5, 5.41) is 19.6. The molecule has 0 bridgehead atoms. The van der Waals surface area contributed by atoms with Gasteiger partial charge in [0, 0.05) is 0 Å².